The van der Waals surface area contributed by atoms with Crippen molar-refractivity contribution in [2.75, 3.05) is 5.32 Å². The maximum atomic E-state index is 14.7. The molecule has 3 aromatic carbocycles. The second-order valence-electron chi connectivity index (χ2n) is 9.64. The van der Waals surface area contributed by atoms with Gasteiger partial charge in [0.2, 0.25) is 0 Å². The number of benzene rings is 3. The van der Waals surface area contributed by atoms with Crippen molar-refractivity contribution in [1.82, 2.24) is 29.1 Å². The Morgan fingerprint density at radius 2 is 1.73 bits per heavy atom. The molecular weight excluding hydrogens is 532 g/mol. The number of carbonyl (C=O) groups is 1. The van der Waals surface area contributed by atoms with Crippen LogP contribution in [0, 0.1) is 11.6 Å². The molecule has 0 radical (unpaired) electrons. The quantitative estimate of drug-likeness (QED) is 0.269. The lowest BCUT2D eigenvalue weighted by Crippen LogP contribution is -2.41. The molecule has 1 amide bonds. The summed E-state index contributed by atoms with van der Waals surface area (Å²) in [5.41, 5.74) is -0.162. The van der Waals surface area contributed by atoms with Gasteiger partial charge in [-0.15, -0.1) is 0 Å². The fourth-order valence-electron chi connectivity index (χ4n) is 4.56. The first-order valence-electron chi connectivity index (χ1n) is 12.9. The highest BCUT2D eigenvalue weighted by molar-refractivity contribution is 6.04. The van der Waals surface area contributed by atoms with Crippen LogP contribution in [0.1, 0.15) is 34.8 Å². The molecule has 41 heavy (non-hydrogen) atoms. The molecule has 5 aromatic rings. The van der Waals surface area contributed by atoms with Crippen LogP contribution in [0.4, 0.5) is 14.5 Å². The molecular formula is C29H27F2N7O3. The van der Waals surface area contributed by atoms with E-state index in [9.17, 15) is 23.5 Å². The van der Waals surface area contributed by atoms with Crippen molar-refractivity contribution in [3.8, 4) is 5.69 Å². The van der Waals surface area contributed by atoms with Gasteiger partial charge >= 0.3 is 5.69 Å². The standard InChI is InChI=1S/C29H27F2N7O3/c1-2-3-20-4-6-21(7-5-20)27(39)35-23-9-11-24(12-10-23)37-19-34-38(28(37)40)16-29(41,15-36-18-32-17-33-36)25-13-8-22(30)14-26(25)31/h4-14,17-19,41H,2-3,15-16H2,1H3,(H,35,39)/t29-/m0/s1. The summed E-state index contributed by atoms with van der Waals surface area (Å²) >= 11 is 0. The molecule has 0 bridgehead atoms. The SMILES string of the molecule is CCCc1ccc(C(=O)Nc2ccc(-n3cnn(C[C@@](O)(Cn4cncn4)c4ccc(F)cc4F)c3=O)cc2)cc1. The minimum Gasteiger partial charge on any atom is -0.381 e. The van der Waals surface area contributed by atoms with E-state index in [1.807, 2.05) is 12.1 Å². The van der Waals surface area contributed by atoms with Crippen molar-refractivity contribution in [2.24, 2.45) is 0 Å². The minimum absolute atomic E-state index is 0.226. The van der Waals surface area contributed by atoms with Crippen molar-refractivity contribution in [1.29, 1.82) is 0 Å². The van der Waals surface area contributed by atoms with E-state index in [0.29, 0.717) is 23.0 Å². The summed E-state index contributed by atoms with van der Waals surface area (Å²) in [5.74, 6) is -2.04. The third kappa shape index (κ3) is 6.12. The number of aliphatic hydroxyl groups is 1. The summed E-state index contributed by atoms with van der Waals surface area (Å²) in [5, 5.41) is 22.4. The first-order valence-corrected chi connectivity index (χ1v) is 12.9. The highest BCUT2D eigenvalue weighted by Crippen LogP contribution is 2.28. The lowest BCUT2D eigenvalue weighted by atomic mass is 9.93. The highest BCUT2D eigenvalue weighted by Gasteiger charge is 2.35. The second-order valence-corrected chi connectivity index (χ2v) is 9.64. The number of rotatable bonds is 10. The second kappa shape index (κ2) is 11.6. The number of hydrogen-bond donors (Lipinski definition) is 2. The number of amides is 1. The highest BCUT2D eigenvalue weighted by atomic mass is 19.1. The van der Waals surface area contributed by atoms with Gasteiger partial charge in [-0.25, -0.2) is 32.5 Å². The fraction of sp³-hybridized carbons (Fsp3) is 0.207. The Balaban J connectivity index is 1.35. The van der Waals surface area contributed by atoms with E-state index in [0.717, 1.165) is 29.7 Å². The third-order valence-electron chi connectivity index (χ3n) is 6.63. The van der Waals surface area contributed by atoms with E-state index < -0.39 is 29.5 Å². The molecule has 1 atom stereocenters. The minimum atomic E-state index is -2.02. The summed E-state index contributed by atoms with van der Waals surface area (Å²) < 4.78 is 31.8. The van der Waals surface area contributed by atoms with Crippen LogP contribution in [-0.4, -0.2) is 40.1 Å². The Labute approximate surface area is 233 Å². The molecule has 0 saturated heterocycles. The van der Waals surface area contributed by atoms with Gasteiger partial charge in [-0.3, -0.25) is 4.79 Å². The third-order valence-corrected chi connectivity index (χ3v) is 6.63. The normalized spacial score (nSPS) is 12.7. The zero-order valence-electron chi connectivity index (χ0n) is 22.1. The number of carbonyl (C=O) groups excluding carboxylic acids is 1. The fourth-order valence-corrected chi connectivity index (χ4v) is 4.56. The Bertz CT molecular complexity index is 1700. The van der Waals surface area contributed by atoms with Gasteiger partial charge in [-0.1, -0.05) is 31.5 Å². The Morgan fingerprint density at radius 1 is 0.976 bits per heavy atom. The number of nitrogens with one attached hydrogen (secondary N) is 1. The summed E-state index contributed by atoms with van der Waals surface area (Å²) in [6, 6.07) is 16.8. The van der Waals surface area contributed by atoms with Crippen molar-refractivity contribution >= 4 is 11.6 Å². The van der Waals surface area contributed by atoms with Crippen molar-refractivity contribution in [3.05, 3.63) is 125 Å². The van der Waals surface area contributed by atoms with Gasteiger partial charge in [0.1, 0.15) is 36.2 Å². The first-order chi connectivity index (χ1) is 19.8. The van der Waals surface area contributed by atoms with Crippen LogP contribution in [0.25, 0.3) is 5.69 Å². The maximum Gasteiger partial charge on any atom is 0.350 e. The molecule has 0 aliphatic rings. The molecule has 0 aliphatic carbocycles. The topological polar surface area (TPSA) is 120 Å². The number of hydrogen-bond acceptors (Lipinski definition) is 6. The summed E-state index contributed by atoms with van der Waals surface area (Å²) in [4.78, 5) is 29.7. The molecule has 5 rings (SSSR count). The van der Waals surface area contributed by atoms with Crippen LogP contribution >= 0.6 is 0 Å². The van der Waals surface area contributed by atoms with E-state index in [-0.39, 0.29) is 18.0 Å². The average Bonchev–Trinajstić information content (AvgIpc) is 3.59. The molecule has 0 aliphatic heterocycles. The summed E-state index contributed by atoms with van der Waals surface area (Å²) in [6.07, 6.45) is 5.82. The molecule has 210 valence electrons. The molecule has 0 spiro atoms. The Hall–Kier alpha value is -4.97. The molecule has 2 aromatic heterocycles. The van der Waals surface area contributed by atoms with Gasteiger partial charge in [0.15, 0.2) is 0 Å². The van der Waals surface area contributed by atoms with E-state index in [1.54, 1.807) is 36.4 Å². The van der Waals surface area contributed by atoms with Crippen molar-refractivity contribution in [2.45, 2.75) is 38.5 Å². The van der Waals surface area contributed by atoms with Gasteiger partial charge in [-0.2, -0.15) is 10.2 Å². The zero-order chi connectivity index (χ0) is 29.0. The van der Waals surface area contributed by atoms with Crippen LogP contribution in [0.3, 0.4) is 0 Å². The van der Waals surface area contributed by atoms with E-state index in [1.165, 1.54) is 33.8 Å². The van der Waals surface area contributed by atoms with Gasteiger partial charge in [0.25, 0.3) is 5.91 Å². The smallest absolute Gasteiger partial charge is 0.350 e. The van der Waals surface area contributed by atoms with Crippen molar-refractivity contribution < 1.29 is 18.7 Å². The first kappa shape index (κ1) is 27.6. The molecule has 0 unspecified atom stereocenters. The Morgan fingerprint density at radius 3 is 2.39 bits per heavy atom. The number of aryl methyl sites for hydroxylation is 1. The lowest BCUT2D eigenvalue weighted by Gasteiger charge is -2.28. The molecule has 0 fully saturated rings. The monoisotopic (exact) mass is 559 g/mol. The molecule has 2 N–H and O–H groups in total. The van der Waals surface area contributed by atoms with Gasteiger partial charge in [0.05, 0.1) is 18.8 Å². The predicted molar refractivity (Wildman–Crippen MR) is 146 cm³/mol. The number of anilines is 1. The zero-order valence-corrected chi connectivity index (χ0v) is 22.1. The predicted octanol–water partition coefficient (Wildman–Crippen LogP) is 3.70. The number of aromatic nitrogens is 6. The van der Waals surface area contributed by atoms with Gasteiger partial charge in [0, 0.05) is 22.9 Å². The van der Waals surface area contributed by atoms with Crippen LogP contribution in [-0.2, 0) is 25.1 Å². The average molecular weight is 560 g/mol. The van der Waals surface area contributed by atoms with Crippen molar-refractivity contribution in [3.63, 3.8) is 0 Å². The van der Waals surface area contributed by atoms with Gasteiger partial charge in [-0.05, 0) is 54.4 Å². The molecule has 12 heteroatoms. The van der Waals surface area contributed by atoms with E-state index in [4.69, 9.17) is 0 Å². The molecule has 2 heterocycles. The summed E-state index contributed by atoms with van der Waals surface area (Å²) in [7, 11) is 0. The molecule has 0 saturated carbocycles. The van der Waals surface area contributed by atoms with Crippen LogP contribution in [0.2, 0.25) is 0 Å². The van der Waals surface area contributed by atoms with Crippen LogP contribution in [0.15, 0.2) is 90.5 Å². The lowest BCUT2D eigenvalue weighted by molar-refractivity contribution is -0.00948. The Kier molecular flexibility index (Phi) is 7.83. The van der Waals surface area contributed by atoms with Crippen LogP contribution in [0.5, 0.6) is 0 Å². The van der Waals surface area contributed by atoms with E-state index >= 15 is 0 Å². The molecule has 10 nitrogen and oxygen atoms in total. The summed E-state index contributed by atoms with van der Waals surface area (Å²) in [6.45, 7) is 1.37. The largest absolute Gasteiger partial charge is 0.381 e. The number of halogens is 2. The van der Waals surface area contributed by atoms with Crippen LogP contribution < -0.4 is 11.0 Å². The maximum absolute atomic E-state index is 14.7. The van der Waals surface area contributed by atoms with E-state index in [2.05, 4.69) is 27.4 Å². The number of nitrogens with zero attached hydrogens (tertiary/aromatic N) is 6. The van der Waals surface area contributed by atoms with Gasteiger partial charge < -0.3 is 10.4 Å².